The molecule has 0 saturated heterocycles. The highest BCUT2D eigenvalue weighted by Gasteiger charge is 2.32. The summed E-state index contributed by atoms with van der Waals surface area (Å²) in [5, 5.41) is 10.7. The number of hydrogen-bond acceptors (Lipinski definition) is 5. The van der Waals surface area contributed by atoms with Crippen molar-refractivity contribution in [2.75, 3.05) is 7.11 Å². The maximum atomic E-state index is 13.7. The second-order valence-electron chi connectivity index (χ2n) is 8.44. The summed E-state index contributed by atoms with van der Waals surface area (Å²) in [7, 11) is 1.33. The molecule has 194 valence electrons. The molecule has 38 heavy (non-hydrogen) atoms. The Bertz CT molecular complexity index is 1450. The van der Waals surface area contributed by atoms with Crippen LogP contribution < -0.4 is 0 Å². The van der Waals surface area contributed by atoms with Gasteiger partial charge in [0.05, 0.1) is 29.8 Å². The first-order valence-electron chi connectivity index (χ1n) is 11.6. The molecule has 9 heteroatoms. The third-order valence-electron chi connectivity index (χ3n) is 5.93. The number of thiophene rings is 1. The van der Waals surface area contributed by atoms with Gasteiger partial charge in [-0.25, -0.2) is 9.59 Å². The molecule has 1 unspecified atom stereocenters. The first-order chi connectivity index (χ1) is 18.3. The van der Waals surface area contributed by atoms with Crippen LogP contribution in [0.3, 0.4) is 0 Å². The Kier molecular flexibility index (Phi) is 8.84. The molecule has 1 atom stereocenters. The number of methoxy groups -OCH3 is 1. The van der Waals surface area contributed by atoms with Crippen LogP contribution in [0.2, 0.25) is 10.0 Å². The number of nitrogens with zero attached hydrogens (tertiary/aromatic N) is 1. The van der Waals surface area contributed by atoms with Crippen molar-refractivity contribution >= 4 is 52.4 Å². The number of benzene rings is 3. The molecule has 1 heterocycles. The fourth-order valence-corrected chi connectivity index (χ4v) is 5.49. The molecule has 0 aliphatic rings. The summed E-state index contributed by atoms with van der Waals surface area (Å²) in [6.45, 7) is 0.0620. The molecule has 1 N–H and O–H groups in total. The first-order valence-corrected chi connectivity index (χ1v) is 13.1. The second kappa shape index (κ2) is 12.3. The van der Waals surface area contributed by atoms with Crippen LogP contribution >= 0.6 is 34.5 Å². The van der Waals surface area contributed by atoms with Crippen molar-refractivity contribution in [2.24, 2.45) is 0 Å². The molecule has 1 aromatic heterocycles. The molecule has 0 fully saturated rings. The van der Waals surface area contributed by atoms with Crippen molar-refractivity contribution in [2.45, 2.75) is 19.0 Å². The predicted octanol–water partition coefficient (Wildman–Crippen LogP) is 6.85. The van der Waals surface area contributed by atoms with Gasteiger partial charge in [-0.05, 0) is 53.6 Å². The van der Waals surface area contributed by atoms with Gasteiger partial charge in [-0.2, -0.15) is 0 Å². The summed E-state index contributed by atoms with van der Waals surface area (Å²) in [4.78, 5) is 41.0. The second-order valence-corrected chi connectivity index (χ2v) is 10.4. The van der Waals surface area contributed by atoms with E-state index in [-0.39, 0.29) is 23.6 Å². The van der Waals surface area contributed by atoms with E-state index in [1.54, 1.807) is 18.2 Å². The number of rotatable bonds is 9. The molecule has 4 aromatic rings. The number of hydrogen-bond donors (Lipinski definition) is 1. The summed E-state index contributed by atoms with van der Waals surface area (Å²) in [6.07, 6.45) is 0.125. The predicted molar refractivity (Wildman–Crippen MR) is 149 cm³/mol. The number of amides is 1. The van der Waals surface area contributed by atoms with Crippen molar-refractivity contribution in [3.8, 4) is 10.4 Å². The van der Waals surface area contributed by atoms with Crippen LogP contribution in [0.4, 0.5) is 0 Å². The number of esters is 1. The van der Waals surface area contributed by atoms with Gasteiger partial charge in [0.1, 0.15) is 6.04 Å². The third kappa shape index (κ3) is 6.42. The van der Waals surface area contributed by atoms with Gasteiger partial charge in [0.15, 0.2) is 0 Å². The van der Waals surface area contributed by atoms with E-state index in [1.807, 2.05) is 54.6 Å². The van der Waals surface area contributed by atoms with Gasteiger partial charge in [-0.3, -0.25) is 4.79 Å². The molecule has 1 amide bonds. The fraction of sp³-hybridized carbons (Fsp3) is 0.138. The van der Waals surface area contributed by atoms with E-state index in [1.165, 1.54) is 35.5 Å². The standard InChI is InChI=1S/C29H23Cl2NO5S/c1-37-29(36)20-9-7-19(8-10-20)26-14-12-22(38-26)17-32(27(33)23-13-11-21(30)16-24(23)31)25(28(34)35)15-18-5-3-2-4-6-18/h2-14,16,25H,15,17H2,1H3,(H,34,35). The van der Waals surface area contributed by atoms with E-state index >= 15 is 0 Å². The lowest BCUT2D eigenvalue weighted by Gasteiger charge is -2.29. The Morgan fingerprint density at radius 3 is 2.29 bits per heavy atom. The molecule has 6 nitrogen and oxygen atoms in total. The topological polar surface area (TPSA) is 83.9 Å². The highest BCUT2D eigenvalue weighted by atomic mass is 35.5. The minimum absolute atomic E-state index is 0.0620. The average molecular weight is 568 g/mol. The van der Waals surface area contributed by atoms with Gasteiger partial charge >= 0.3 is 11.9 Å². The minimum Gasteiger partial charge on any atom is -0.480 e. The summed E-state index contributed by atoms with van der Waals surface area (Å²) in [6, 6.07) is 23.3. The van der Waals surface area contributed by atoms with Gasteiger partial charge in [-0.1, -0.05) is 65.7 Å². The Balaban J connectivity index is 1.67. The van der Waals surface area contributed by atoms with Crippen molar-refractivity contribution in [1.82, 2.24) is 4.90 Å². The van der Waals surface area contributed by atoms with Crippen LogP contribution in [-0.4, -0.2) is 41.0 Å². The largest absolute Gasteiger partial charge is 0.480 e. The van der Waals surface area contributed by atoms with E-state index < -0.39 is 23.9 Å². The van der Waals surface area contributed by atoms with Crippen LogP contribution in [0.25, 0.3) is 10.4 Å². The zero-order chi connectivity index (χ0) is 27.2. The van der Waals surface area contributed by atoms with Crippen molar-refractivity contribution < 1.29 is 24.2 Å². The average Bonchev–Trinajstić information content (AvgIpc) is 3.39. The quantitative estimate of drug-likeness (QED) is 0.224. The number of aliphatic carboxylic acids is 1. The number of carbonyl (C=O) groups is 3. The highest BCUT2D eigenvalue weighted by Crippen LogP contribution is 2.31. The normalized spacial score (nSPS) is 11.6. The molecular weight excluding hydrogens is 545 g/mol. The lowest BCUT2D eigenvalue weighted by atomic mass is 10.0. The maximum Gasteiger partial charge on any atom is 0.337 e. The van der Waals surface area contributed by atoms with Gasteiger partial charge < -0.3 is 14.7 Å². The zero-order valence-electron chi connectivity index (χ0n) is 20.3. The fourth-order valence-electron chi connectivity index (χ4n) is 3.98. The highest BCUT2D eigenvalue weighted by molar-refractivity contribution is 7.15. The number of carboxylic acids is 1. The van der Waals surface area contributed by atoms with Gasteiger partial charge in [0, 0.05) is 21.2 Å². The van der Waals surface area contributed by atoms with Gasteiger partial charge in [0.25, 0.3) is 5.91 Å². The minimum atomic E-state index is -1.14. The molecule has 0 spiro atoms. The lowest BCUT2D eigenvalue weighted by Crippen LogP contribution is -2.46. The van der Waals surface area contributed by atoms with Crippen LogP contribution in [0.1, 0.15) is 31.2 Å². The molecule has 4 rings (SSSR count). The summed E-state index contributed by atoms with van der Waals surface area (Å²) in [5.74, 6) is -2.05. The van der Waals surface area contributed by atoms with E-state index in [0.717, 1.165) is 20.9 Å². The Labute approximate surface area is 234 Å². The summed E-state index contributed by atoms with van der Waals surface area (Å²) in [5.41, 5.74) is 2.28. The smallest absolute Gasteiger partial charge is 0.337 e. The third-order valence-corrected chi connectivity index (χ3v) is 7.60. The number of ether oxygens (including phenoxy) is 1. The Hall–Kier alpha value is -3.65. The Morgan fingerprint density at radius 1 is 0.947 bits per heavy atom. The molecule has 0 radical (unpaired) electrons. The summed E-state index contributed by atoms with van der Waals surface area (Å²) < 4.78 is 4.75. The molecular formula is C29H23Cl2NO5S. The van der Waals surface area contributed by atoms with Gasteiger partial charge in [-0.15, -0.1) is 11.3 Å². The Morgan fingerprint density at radius 2 is 1.66 bits per heavy atom. The monoisotopic (exact) mass is 567 g/mol. The lowest BCUT2D eigenvalue weighted by molar-refractivity contribution is -0.142. The van der Waals surface area contributed by atoms with Crippen molar-refractivity contribution in [1.29, 1.82) is 0 Å². The molecule has 0 aliphatic carbocycles. The van der Waals surface area contributed by atoms with Gasteiger partial charge in [0.2, 0.25) is 0 Å². The SMILES string of the molecule is COC(=O)c1ccc(-c2ccc(CN(C(=O)c3ccc(Cl)cc3Cl)C(Cc3ccccc3)C(=O)O)s2)cc1. The van der Waals surface area contributed by atoms with Crippen LogP contribution in [0.15, 0.2) is 84.9 Å². The van der Waals surface area contributed by atoms with E-state index in [2.05, 4.69) is 0 Å². The zero-order valence-corrected chi connectivity index (χ0v) is 22.6. The first kappa shape index (κ1) is 27.4. The van der Waals surface area contributed by atoms with Crippen LogP contribution in [0, 0.1) is 0 Å². The molecule has 0 saturated carbocycles. The maximum absolute atomic E-state index is 13.7. The molecule has 0 aliphatic heterocycles. The van der Waals surface area contributed by atoms with Crippen LogP contribution in [-0.2, 0) is 22.5 Å². The van der Waals surface area contributed by atoms with E-state index in [9.17, 15) is 19.5 Å². The summed E-state index contributed by atoms with van der Waals surface area (Å²) >= 11 is 13.8. The van der Waals surface area contributed by atoms with E-state index in [0.29, 0.717) is 10.6 Å². The molecule has 3 aromatic carbocycles. The number of carbonyl (C=O) groups excluding carboxylic acids is 2. The molecule has 0 bridgehead atoms. The van der Waals surface area contributed by atoms with Crippen LogP contribution in [0.5, 0.6) is 0 Å². The number of carboxylic acid groups (broad SMARTS) is 1. The van der Waals surface area contributed by atoms with Crippen molar-refractivity contribution in [3.05, 3.63) is 117 Å². The number of halogens is 2. The van der Waals surface area contributed by atoms with E-state index in [4.69, 9.17) is 27.9 Å². The van der Waals surface area contributed by atoms with Crippen molar-refractivity contribution in [3.63, 3.8) is 0 Å².